The van der Waals surface area contributed by atoms with Crippen molar-refractivity contribution < 1.29 is 28.9 Å². The molecule has 0 saturated heterocycles. The van der Waals surface area contributed by atoms with Crippen molar-refractivity contribution in [3.8, 4) is 39.1 Å². The Kier molecular flexibility index (Phi) is 9.59. The first-order valence-electron chi connectivity index (χ1n) is 15.6. The number of carbonyl (C=O) groups excluding carboxylic acids is 2. The zero-order chi connectivity index (χ0) is 32.9. The highest BCUT2D eigenvalue weighted by Crippen LogP contribution is 2.37. The van der Waals surface area contributed by atoms with Gasteiger partial charge in [-0.05, 0) is 77.6 Å². The third-order valence-corrected chi connectivity index (χ3v) is 8.60. The number of nitrogens with one attached hydrogen (secondary N) is 1. The fourth-order valence-corrected chi connectivity index (χ4v) is 6.25. The smallest absolute Gasteiger partial charge is 0.507 e. The molecule has 1 heterocycles. The van der Waals surface area contributed by atoms with Gasteiger partial charge in [0.1, 0.15) is 11.9 Å². The van der Waals surface area contributed by atoms with Gasteiger partial charge in [0.15, 0.2) is 0 Å². The van der Waals surface area contributed by atoms with E-state index >= 15 is 0 Å². The highest BCUT2D eigenvalue weighted by atomic mass is 35.5. The molecule has 0 amide bonds. The first kappa shape index (κ1) is 31.9. The van der Waals surface area contributed by atoms with Gasteiger partial charge >= 0.3 is 12.1 Å². The molecule has 1 aliphatic rings. The minimum atomic E-state index is -1.11. The van der Waals surface area contributed by atoms with Gasteiger partial charge in [0.05, 0.1) is 11.4 Å². The number of pyridine rings is 1. The molecule has 2 N–H and O–H groups in total. The number of aromatic nitrogens is 1. The number of esters is 1. The number of ether oxygens (including phenoxy) is 3. The Bertz CT molecular complexity index is 1980. The number of hydrogen-bond donors (Lipinski definition) is 2. The lowest BCUT2D eigenvalue weighted by Crippen LogP contribution is -2.27. The van der Waals surface area contributed by atoms with Crippen molar-refractivity contribution in [3.05, 3.63) is 112 Å². The van der Waals surface area contributed by atoms with Crippen LogP contribution in [0.5, 0.6) is 5.75 Å². The van der Waals surface area contributed by atoms with Crippen molar-refractivity contribution in [2.24, 2.45) is 0 Å². The highest BCUT2D eigenvalue weighted by molar-refractivity contribution is 6.34. The van der Waals surface area contributed by atoms with E-state index in [2.05, 4.69) is 4.98 Å². The normalized spacial score (nSPS) is 14.0. The molecular weight excluding hydrogens is 618 g/mol. The maximum Gasteiger partial charge on any atom is 0.511 e. The average molecular weight is 652 g/mol. The number of benzene rings is 4. The largest absolute Gasteiger partial charge is 0.511 e. The van der Waals surface area contributed by atoms with Crippen LogP contribution in [0, 0.1) is 0 Å². The predicted molar refractivity (Wildman–Crippen MR) is 181 cm³/mol. The van der Waals surface area contributed by atoms with Crippen molar-refractivity contribution in [1.29, 1.82) is 0 Å². The second kappa shape index (κ2) is 14.1. The molecule has 1 unspecified atom stereocenters. The van der Waals surface area contributed by atoms with Gasteiger partial charge in [-0.25, -0.2) is 4.79 Å². The van der Waals surface area contributed by atoms with Gasteiger partial charge in [-0.3, -0.25) is 9.59 Å². The molecule has 5 aromatic rings. The fraction of sp³-hybridized carbons (Fsp3) is 0.237. The van der Waals surface area contributed by atoms with Crippen LogP contribution >= 0.6 is 11.6 Å². The van der Waals surface area contributed by atoms with Crippen LogP contribution in [-0.2, 0) is 25.4 Å². The summed E-state index contributed by atoms with van der Waals surface area (Å²) in [5, 5.41) is 12.0. The Morgan fingerprint density at radius 1 is 0.830 bits per heavy atom. The lowest BCUT2D eigenvalue weighted by molar-refractivity contribution is -0.168. The Morgan fingerprint density at radius 3 is 2.32 bits per heavy atom. The minimum absolute atomic E-state index is 0.0904. The molecule has 1 atom stereocenters. The number of aromatic amines is 1. The van der Waals surface area contributed by atoms with E-state index in [0.717, 1.165) is 48.6 Å². The van der Waals surface area contributed by atoms with E-state index in [1.54, 1.807) is 42.5 Å². The van der Waals surface area contributed by atoms with E-state index in [0.29, 0.717) is 38.4 Å². The highest BCUT2D eigenvalue weighted by Gasteiger charge is 2.22. The third kappa shape index (κ3) is 7.67. The number of phenolic OH excluding ortho intramolecular Hbond substituents is 1. The summed E-state index contributed by atoms with van der Waals surface area (Å²) in [5.74, 6) is -0.462. The van der Waals surface area contributed by atoms with Gasteiger partial charge in [-0.2, -0.15) is 0 Å². The summed E-state index contributed by atoms with van der Waals surface area (Å²) in [6.07, 6.45) is 2.56. The first-order valence-corrected chi connectivity index (χ1v) is 16.0. The summed E-state index contributed by atoms with van der Waals surface area (Å²) in [6.45, 7) is 1.46. The molecule has 240 valence electrons. The van der Waals surface area contributed by atoms with Gasteiger partial charge < -0.3 is 24.3 Å². The molecule has 1 aromatic heterocycles. The second-order valence-corrected chi connectivity index (χ2v) is 12.1. The molecule has 0 aliphatic heterocycles. The van der Waals surface area contributed by atoms with Crippen molar-refractivity contribution in [1.82, 2.24) is 4.98 Å². The molecule has 1 fully saturated rings. The van der Waals surface area contributed by atoms with Gasteiger partial charge in [-0.15, -0.1) is 0 Å². The molecule has 1 aliphatic carbocycles. The number of carbonyl (C=O) groups is 2. The van der Waals surface area contributed by atoms with Gasteiger partial charge in [0.2, 0.25) is 6.29 Å². The molecule has 47 heavy (non-hydrogen) atoms. The van der Waals surface area contributed by atoms with Gasteiger partial charge in [0.25, 0.3) is 5.56 Å². The number of hydrogen-bond acceptors (Lipinski definition) is 7. The van der Waals surface area contributed by atoms with Crippen molar-refractivity contribution in [2.75, 3.05) is 0 Å². The summed E-state index contributed by atoms with van der Waals surface area (Å²) < 4.78 is 15.7. The zero-order valence-corrected chi connectivity index (χ0v) is 26.6. The number of rotatable bonds is 8. The second-order valence-electron chi connectivity index (χ2n) is 11.7. The van der Waals surface area contributed by atoms with Crippen LogP contribution in [0.15, 0.2) is 95.8 Å². The first-order chi connectivity index (χ1) is 22.7. The maximum absolute atomic E-state index is 13.2. The summed E-state index contributed by atoms with van der Waals surface area (Å²) in [4.78, 5) is 40.8. The van der Waals surface area contributed by atoms with Gasteiger partial charge in [0, 0.05) is 29.1 Å². The lowest BCUT2D eigenvalue weighted by Gasteiger charge is -2.22. The summed E-state index contributed by atoms with van der Waals surface area (Å²) in [7, 11) is 0. The molecular formula is C38H34ClNO7. The fourth-order valence-electron chi connectivity index (χ4n) is 5.97. The Balaban J connectivity index is 1.18. The van der Waals surface area contributed by atoms with Crippen LogP contribution in [0.3, 0.4) is 0 Å². The van der Waals surface area contributed by atoms with E-state index in [1.165, 1.54) is 6.92 Å². The molecule has 0 spiro atoms. The van der Waals surface area contributed by atoms with Crippen LogP contribution in [0.25, 0.3) is 44.3 Å². The number of phenols is 1. The van der Waals surface area contributed by atoms with Crippen LogP contribution in [0.1, 0.15) is 44.6 Å². The molecule has 4 aromatic carbocycles. The van der Waals surface area contributed by atoms with E-state index in [1.807, 2.05) is 48.5 Å². The SMILES string of the molecule is CC(OC(=O)Cc1cccc(-c2cc3cc(-c4ccc(-c5ccccc5)c(O)c4)c(Cl)cc3[nH]c2=O)c1)OC(=O)OC1CCCCC1. The summed E-state index contributed by atoms with van der Waals surface area (Å²) in [6, 6.07) is 27.4. The molecule has 1 saturated carbocycles. The Hall–Kier alpha value is -5.08. The van der Waals surface area contributed by atoms with E-state index in [9.17, 15) is 19.5 Å². The summed E-state index contributed by atoms with van der Waals surface area (Å²) >= 11 is 6.65. The minimum Gasteiger partial charge on any atom is -0.507 e. The Morgan fingerprint density at radius 2 is 1.55 bits per heavy atom. The maximum atomic E-state index is 13.2. The van der Waals surface area contributed by atoms with E-state index < -0.39 is 18.4 Å². The lowest BCUT2D eigenvalue weighted by atomic mass is 9.97. The quantitative estimate of drug-likeness (QED) is 0.127. The third-order valence-electron chi connectivity index (χ3n) is 8.29. The monoisotopic (exact) mass is 651 g/mol. The van der Waals surface area contributed by atoms with Crippen LogP contribution in [0.2, 0.25) is 5.02 Å². The van der Waals surface area contributed by atoms with E-state index in [4.69, 9.17) is 25.8 Å². The zero-order valence-electron chi connectivity index (χ0n) is 25.8. The number of aromatic hydroxyl groups is 1. The number of H-pyrrole nitrogens is 1. The molecule has 9 heteroatoms. The number of fused-ring (bicyclic) bond motifs is 1. The van der Waals surface area contributed by atoms with Crippen molar-refractivity contribution >= 4 is 34.6 Å². The molecule has 0 bridgehead atoms. The summed E-state index contributed by atoms with van der Waals surface area (Å²) in [5.41, 5.74) is 4.92. The predicted octanol–water partition coefficient (Wildman–Crippen LogP) is 8.81. The van der Waals surface area contributed by atoms with Crippen LogP contribution < -0.4 is 5.56 Å². The van der Waals surface area contributed by atoms with Crippen LogP contribution in [-0.4, -0.2) is 34.6 Å². The molecule has 0 radical (unpaired) electrons. The molecule has 8 nitrogen and oxygen atoms in total. The van der Waals surface area contributed by atoms with E-state index in [-0.39, 0.29) is 23.8 Å². The molecule has 6 rings (SSSR count). The van der Waals surface area contributed by atoms with Crippen molar-refractivity contribution in [3.63, 3.8) is 0 Å². The standard InChI is InChI=1S/C38H34ClNO7/c1-23(46-38(44)47-29-13-6-3-7-14-29)45-36(42)18-24-9-8-12-26(17-24)32-20-28-19-31(33(39)22-34(28)40-37(32)43)27-15-16-30(35(41)21-27)25-10-4-2-5-11-25/h2,4-5,8-12,15-17,19-23,29,41H,3,6-7,13-14,18H2,1H3,(H,40,43). The van der Waals surface area contributed by atoms with Crippen LogP contribution in [0.4, 0.5) is 4.79 Å². The topological polar surface area (TPSA) is 115 Å². The average Bonchev–Trinajstić information content (AvgIpc) is 3.05. The number of halogens is 1. The Labute approximate surface area is 276 Å². The van der Waals surface area contributed by atoms with Gasteiger partial charge in [-0.1, -0.05) is 84.8 Å². The van der Waals surface area contributed by atoms with Crippen molar-refractivity contribution in [2.45, 2.75) is 57.8 Å².